The Balaban J connectivity index is 1.46. The van der Waals surface area contributed by atoms with E-state index in [9.17, 15) is 4.79 Å². The molecule has 6 nitrogen and oxygen atoms in total. The van der Waals surface area contributed by atoms with E-state index in [1.807, 2.05) is 24.3 Å². The number of methoxy groups -OCH3 is 2. The van der Waals surface area contributed by atoms with Gasteiger partial charge in [0.25, 0.3) is 5.91 Å². The van der Waals surface area contributed by atoms with E-state index in [-0.39, 0.29) is 11.9 Å². The van der Waals surface area contributed by atoms with Crippen LogP contribution in [0.4, 0.5) is 0 Å². The number of carbonyl (C=O) groups is 1. The first kappa shape index (κ1) is 23.1. The lowest BCUT2D eigenvalue weighted by Crippen LogP contribution is -3.28. The zero-order valence-electron chi connectivity index (χ0n) is 19.1. The molecule has 31 heavy (non-hydrogen) atoms. The maximum atomic E-state index is 12.7. The molecule has 1 atom stereocenters. The highest BCUT2D eigenvalue weighted by molar-refractivity contribution is 5.77. The van der Waals surface area contributed by atoms with Crippen LogP contribution >= 0.6 is 0 Å². The van der Waals surface area contributed by atoms with Crippen molar-refractivity contribution in [3.63, 3.8) is 0 Å². The van der Waals surface area contributed by atoms with E-state index in [2.05, 4.69) is 36.5 Å². The fraction of sp³-hybridized carbons (Fsp3) is 0.480. The second-order valence-corrected chi connectivity index (χ2v) is 8.36. The van der Waals surface area contributed by atoms with Crippen LogP contribution in [0.3, 0.4) is 0 Å². The molecule has 0 spiro atoms. The predicted octanol–water partition coefficient (Wildman–Crippen LogP) is 0.645. The molecule has 1 aliphatic heterocycles. The molecule has 1 amide bonds. The van der Waals surface area contributed by atoms with Gasteiger partial charge in [0, 0.05) is 5.56 Å². The van der Waals surface area contributed by atoms with E-state index in [1.54, 1.807) is 19.1 Å². The molecule has 1 saturated heterocycles. The third kappa shape index (κ3) is 6.71. The number of nitrogens with one attached hydrogen (secondary N) is 3. The number of piperazine rings is 1. The maximum absolute atomic E-state index is 12.7. The lowest BCUT2D eigenvalue weighted by Gasteiger charge is -2.30. The summed E-state index contributed by atoms with van der Waals surface area (Å²) in [5.74, 6) is 1.69. The van der Waals surface area contributed by atoms with Gasteiger partial charge in [0.2, 0.25) is 0 Å². The Morgan fingerprint density at radius 3 is 2.29 bits per heavy atom. The van der Waals surface area contributed by atoms with Gasteiger partial charge in [-0.25, -0.2) is 0 Å². The normalized spacial score (nSPS) is 19.5. The molecule has 3 rings (SSSR count). The van der Waals surface area contributed by atoms with Crippen molar-refractivity contribution in [1.82, 2.24) is 5.32 Å². The summed E-state index contributed by atoms with van der Waals surface area (Å²) in [6.07, 6.45) is 2.01. The number of hydrogen-bond acceptors (Lipinski definition) is 3. The van der Waals surface area contributed by atoms with Gasteiger partial charge in [-0.1, -0.05) is 43.7 Å². The average Bonchev–Trinajstić information content (AvgIpc) is 2.80. The van der Waals surface area contributed by atoms with Gasteiger partial charge in [-0.2, -0.15) is 0 Å². The Labute approximate surface area is 186 Å². The third-order valence-corrected chi connectivity index (χ3v) is 6.09. The minimum Gasteiger partial charge on any atom is -0.493 e. The van der Waals surface area contributed by atoms with Gasteiger partial charge in [-0.15, -0.1) is 0 Å². The molecule has 1 aliphatic rings. The summed E-state index contributed by atoms with van der Waals surface area (Å²) in [7, 11) is 3.33. The quantitative estimate of drug-likeness (QED) is 0.522. The minimum absolute atomic E-state index is 0.107. The predicted molar refractivity (Wildman–Crippen MR) is 122 cm³/mol. The first-order valence-corrected chi connectivity index (χ1v) is 11.3. The highest BCUT2D eigenvalue weighted by Crippen LogP contribution is 2.27. The lowest BCUT2D eigenvalue weighted by molar-refractivity contribution is -1.02. The molecule has 0 saturated carbocycles. The van der Waals surface area contributed by atoms with Gasteiger partial charge in [0.15, 0.2) is 18.0 Å². The van der Waals surface area contributed by atoms with Crippen LogP contribution in [0.2, 0.25) is 0 Å². The Morgan fingerprint density at radius 1 is 0.968 bits per heavy atom. The molecule has 3 N–H and O–H groups in total. The molecule has 0 unspecified atom stereocenters. The molecule has 0 radical (unpaired) electrons. The van der Waals surface area contributed by atoms with E-state index < -0.39 is 0 Å². The highest BCUT2D eigenvalue weighted by atomic mass is 16.5. The van der Waals surface area contributed by atoms with Crippen molar-refractivity contribution in [2.24, 2.45) is 0 Å². The van der Waals surface area contributed by atoms with E-state index in [1.165, 1.54) is 16.0 Å². The number of ether oxygens (including phenoxy) is 2. The zero-order chi connectivity index (χ0) is 22.1. The molecule has 2 aromatic carbocycles. The van der Waals surface area contributed by atoms with Gasteiger partial charge in [0.05, 0.1) is 20.3 Å². The number of amides is 1. The van der Waals surface area contributed by atoms with Gasteiger partial charge in [-0.3, -0.25) is 4.79 Å². The van der Waals surface area contributed by atoms with Gasteiger partial charge < -0.3 is 24.6 Å². The summed E-state index contributed by atoms with van der Waals surface area (Å²) in [6.45, 7) is 7.83. The van der Waals surface area contributed by atoms with Gasteiger partial charge in [-0.05, 0) is 30.2 Å². The number of quaternary nitrogens is 2. The van der Waals surface area contributed by atoms with Crippen LogP contribution in [0.15, 0.2) is 48.5 Å². The van der Waals surface area contributed by atoms with E-state index in [0.717, 1.165) is 57.1 Å². The first-order chi connectivity index (χ1) is 15.1. The van der Waals surface area contributed by atoms with Crippen molar-refractivity contribution in [2.75, 3.05) is 46.9 Å². The molecule has 0 bridgehead atoms. The molecule has 0 aromatic heterocycles. The summed E-state index contributed by atoms with van der Waals surface area (Å²) in [5.41, 5.74) is 2.44. The molecular formula is C25H37N3O3+2. The van der Waals surface area contributed by atoms with Crippen molar-refractivity contribution in [3.8, 4) is 11.5 Å². The van der Waals surface area contributed by atoms with Crippen LogP contribution in [-0.2, 0) is 11.3 Å². The zero-order valence-corrected chi connectivity index (χ0v) is 19.1. The van der Waals surface area contributed by atoms with Crippen molar-refractivity contribution in [3.05, 3.63) is 59.7 Å². The molecule has 6 heteroatoms. The first-order valence-electron chi connectivity index (χ1n) is 11.3. The van der Waals surface area contributed by atoms with Crippen LogP contribution in [0.5, 0.6) is 11.5 Å². The van der Waals surface area contributed by atoms with Crippen molar-refractivity contribution in [1.29, 1.82) is 0 Å². The maximum Gasteiger partial charge on any atom is 0.275 e. The molecule has 2 aromatic rings. The fourth-order valence-corrected chi connectivity index (χ4v) is 4.36. The fourth-order valence-electron chi connectivity index (χ4n) is 4.36. The van der Waals surface area contributed by atoms with Crippen LogP contribution in [0, 0.1) is 0 Å². The molecular weight excluding hydrogens is 390 g/mol. The van der Waals surface area contributed by atoms with Crippen molar-refractivity contribution < 1.29 is 24.1 Å². The van der Waals surface area contributed by atoms with Gasteiger partial charge >= 0.3 is 0 Å². The standard InChI is InChI=1S/C25H35N3O3/c1-4-8-22(21-9-6-5-7-10-21)26-25(29)19-28-15-13-27(14-16-28)18-20-11-12-23(30-2)24(17-20)31-3/h5-7,9-12,17,22H,4,8,13-16,18-19H2,1-3H3,(H,26,29)/p+2/t22-/m0/s1. The molecule has 1 heterocycles. The Bertz CT molecular complexity index is 820. The molecule has 0 aliphatic carbocycles. The molecule has 1 fully saturated rings. The average molecular weight is 428 g/mol. The Kier molecular flexibility index (Phi) is 8.74. The summed E-state index contributed by atoms with van der Waals surface area (Å²) >= 11 is 0. The second-order valence-electron chi connectivity index (χ2n) is 8.36. The van der Waals surface area contributed by atoms with Crippen molar-refractivity contribution >= 4 is 5.91 Å². The summed E-state index contributed by atoms with van der Waals surface area (Å²) in [4.78, 5) is 15.6. The van der Waals surface area contributed by atoms with Gasteiger partial charge in [0.1, 0.15) is 32.7 Å². The highest BCUT2D eigenvalue weighted by Gasteiger charge is 2.26. The van der Waals surface area contributed by atoms with E-state index in [4.69, 9.17) is 9.47 Å². The lowest BCUT2D eigenvalue weighted by atomic mass is 10.0. The summed E-state index contributed by atoms with van der Waals surface area (Å²) in [5, 5.41) is 3.26. The number of rotatable bonds is 10. The van der Waals surface area contributed by atoms with E-state index >= 15 is 0 Å². The Morgan fingerprint density at radius 2 is 1.65 bits per heavy atom. The smallest absolute Gasteiger partial charge is 0.275 e. The topological polar surface area (TPSA) is 56.4 Å². The second kappa shape index (κ2) is 11.7. The van der Waals surface area contributed by atoms with Crippen LogP contribution in [0.1, 0.15) is 36.9 Å². The third-order valence-electron chi connectivity index (χ3n) is 6.09. The SMILES string of the molecule is CCC[C@H](NC(=O)C[NH+]1CC[NH+](Cc2ccc(OC)c(OC)c2)CC1)c1ccccc1. The number of benzene rings is 2. The largest absolute Gasteiger partial charge is 0.493 e. The van der Waals surface area contributed by atoms with Crippen molar-refractivity contribution in [2.45, 2.75) is 32.4 Å². The minimum atomic E-state index is 0.107. The number of hydrogen-bond donors (Lipinski definition) is 3. The monoisotopic (exact) mass is 427 g/mol. The number of carbonyl (C=O) groups excluding carboxylic acids is 1. The van der Waals surface area contributed by atoms with E-state index in [0.29, 0.717) is 6.54 Å². The Hall–Kier alpha value is -2.57. The summed E-state index contributed by atoms with van der Waals surface area (Å²) in [6, 6.07) is 16.5. The molecule has 168 valence electrons. The van der Waals surface area contributed by atoms with Crippen LogP contribution in [-0.4, -0.2) is 52.9 Å². The van der Waals surface area contributed by atoms with Crippen LogP contribution in [0.25, 0.3) is 0 Å². The summed E-state index contributed by atoms with van der Waals surface area (Å²) < 4.78 is 10.8. The van der Waals surface area contributed by atoms with Crippen LogP contribution < -0.4 is 24.6 Å².